The van der Waals surface area contributed by atoms with Crippen molar-refractivity contribution >= 4 is 11.9 Å². The number of para-hydroxylation sites is 1. The Morgan fingerprint density at radius 1 is 1.30 bits per heavy atom. The molecule has 1 aromatic carbocycles. The number of likely N-dealkylation sites (tertiary alicyclic amines) is 1. The van der Waals surface area contributed by atoms with Crippen molar-refractivity contribution in [3.63, 3.8) is 0 Å². The molecule has 23 heavy (non-hydrogen) atoms. The Hall–Kier alpha value is -2.04. The number of amides is 1. The number of carboxylic acid groups (broad SMARTS) is 1. The van der Waals surface area contributed by atoms with Crippen LogP contribution in [-0.4, -0.2) is 41.6 Å². The van der Waals surface area contributed by atoms with Crippen molar-refractivity contribution in [2.24, 2.45) is 5.92 Å². The molecule has 1 saturated heterocycles. The van der Waals surface area contributed by atoms with E-state index in [4.69, 9.17) is 9.84 Å². The maximum Gasteiger partial charge on any atom is 0.303 e. The van der Waals surface area contributed by atoms with E-state index in [0.717, 1.165) is 36.3 Å². The first-order chi connectivity index (χ1) is 11.0. The normalized spacial score (nSPS) is 17.8. The van der Waals surface area contributed by atoms with Gasteiger partial charge in [-0.2, -0.15) is 0 Å². The molecule has 1 amide bonds. The lowest BCUT2D eigenvalue weighted by molar-refractivity contribution is -0.137. The molecule has 2 rings (SSSR count). The van der Waals surface area contributed by atoms with Crippen molar-refractivity contribution in [3.8, 4) is 5.75 Å². The molecule has 0 bridgehead atoms. The van der Waals surface area contributed by atoms with Gasteiger partial charge >= 0.3 is 5.97 Å². The molecule has 1 heterocycles. The van der Waals surface area contributed by atoms with Crippen LogP contribution in [0.3, 0.4) is 0 Å². The molecular formula is C18H25NO4. The van der Waals surface area contributed by atoms with Crippen molar-refractivity contribution in [1.29, 1.82) is 0 Å². The zero-order valence-corrected chi connectivity index (χ0v) is 13.9. The third kappa shape index (κ3) is 4.98. The van der Waals surface area contributed by atoms with Crippen LogP contribution in [-0.2, 0) is 9.59 Å². The highest BCUT2D eigenvalue weighted by atomic mass is 16.5. The van der Waals surface area contributed by atoms with Crippen LogP contribution in [0.5, 0.6) is 5.75 Å². The lowest BCUT2D eigenvalue weighted by Gasteiger charge is -2.32. The van der Waals surface area contributed by atoms with Gasteiger partial charge in [0.2, 0.25) is 0 Å². The Kier molecular flexibility index (Phi) is 6.02. The number of hydrogen-bond acceptors (Lipinski definition) is 3. The summed E-state index contributed by atoms with van der Waals surface area (Å²) in [6.07, 6.45) is 2.73. The molecule has 1 N–H and O–H groups in total. The van der Waals surface area contributed by atoms with Crippen LogP contribution >= 0.6 is 0 Å². The Balaban J connectivity index is 1.86. The van der Waals surface area contributed by atoms with Gasteiger partial charge in [0.15, 0.2) is 6.61 Å². The first-order valence-corrected chi connectivity index (χ1v) is 8.16. The fraction of sp³-hybridized carbons (Fsp3) is 0.556. The van der Waals surface area contributed by atoms with E-state index in [1.807, 2.05) is 36.9 Å². The monoisotopic (exact) mass is 319 g/mol. The fourth-order valence-corrected chi connectivity index (χ4v) is 3.11. The summed E-state index contributed by atoms with van der Waals surface area (Å²) in [6.45, 7) is 5.35. The molecule has 0 aromatic heterocycles. The minimum absolute atomic E-state index is 0.0207. The van der Waals surface area contributed by atoms with E-state index < -0.39 is 5.97 Å². The SMILES string of the molecule is Cc1cccc(C)c1OCC(=O)N1CCCC(CCC(=O)O)C1. The lowest BCUT2D eigenvalue weighted by Crippen LogP contribution is -2.42. The summed E-state index contributed by atoms with van der Waals surface area (Å²) in [4.78, 5) is 24.9. The number of piperidine rings is 1. The molecule has 0 radical (unpaired) electrons. The first-order valence-electron chi connectivity index (χ1n) is 8.16. The second-order valence-electron chi connectivity index (χ2n) is 6.29. The summed E-state index contributed by atoms with van der Waals surface area (Å²) in [5, 5.41) is 8.78. The molecular weight excluding hydrogens is 294 g/mol. The number of carbonyl (C=O) groups excluding carboxylic acids is 1. The third-order valence-corrected chi connectivity index (χ3v) is 4.39. The van der Waals surface area contributed by atoms with E-state index in [0.29, 0.717) is 13.0 Å². The van der Waals surface area contributed by atoms with Gasteiger partial charge in [0, 0.05) is 19.5 Å². The number of rotatable bonds is 6. The molecule has 0 saturated carbocycles. The van der Waals surface area contributed by atoms with Crippen molar-refractivity contribution in [1.82, 2.24) is 4.90 Å². The van der Waals surface area contributed by atoms with Gasteiger partial charge in [0.25, 0.3) is 5.91 Å². The van der Waals surface area contributed by atoms with Gasteiger partial charge in [-0.25, -0.2) is 0 Å². The number of benzene rings is 1. The number of hydrogen-bond donors (Lipinski definition) is 1. The van der Waals surface area contributed by atoms with Gasteiger partial charge < -0.3 is 14.7 Å². The van der Waals surface area contributed by atoms with E-state index in [1.54, 1.807) is 0 Å². The van der Waals surface area contributed by atoms with Gasteiger partial charge in [-0.1, -0.05) is 18.2 Å². The third-order valence-electron chi connectivity index (χ3n) is 4.39. The molecule has 5 heteroatoms. The molecule has 5 nitrogen and oxygen atoms in total. The standard InChI is InChI=1S/C18H25NO4/c1-13-5-3-6-14(2)18(13)23-12-16(20)19-10-4-7-15(11-19)8-9-17(21)22/h3,5-6,15H,4,7-12H2,1-2H3,(H,21,22). The Bertz CT molecular complexity index is 550. The number of carbonyl (C=O) groups is 2. The molecule has 1 atom stereocenters. The minimum atomic E-state index is -0.771. The highest BCUT2D eigenvalue weighted by Crippen LogP contribution is 2.24. The fourth-order valence-electron chi connectivity index (χ4n) is 3.11. The Morgan fingerprint density at radius 3 is 2.65 bits per heavy atom. The quantitative estimate of drug-likeness (QED) is 0.875. The summed E-state index contributed by atoms with van der Waals surface area (Å²) in [5.74, 6) is 0.267. The van der Waals surface area contributed by atoms with Crippen LogP contribution in [0, 0.1) is 19.8 Å². The topological polar surface area (TPSA) is 66.8 Å². The molecule has 1 aliphatic rings. The molecule has 1 unspecified atom stereocenters. The lowest BCUT2D eigenvalue weighted by atomic mass is 9.93. The van der Waals surface area contributed by atoms with Crippen LogP contribution in [0.15, 0.2) is 18.2 Å². The molecule has 1 aromatic rings. The average Bonchev–Trinajstić information content (AvgIpc) is 2.52. The minimum Gasteiger partial charge on any atom is -0.483 e. The predicted octanol–water partition coefficient (Wildman–Crippen LogP) is 2.79. The van der Waals surface area contributed by atoms with E-state index >= 15 is 0 Å². The summed E-state index contributed by atoms with van der Waals surface area (Å²) in [7, 11) is 0. The molecule has 1 fully saturated rings. The summed E-state index contributed by atoms with van der Waals surface area (Å²) >= 11 is 0. The number of aryl methyl sites for hydroxylation is 2. The second-order valence-corrected chi connectivity index (χ2v) is 6.29. The predicted molar refractivity (Wildman–Crippen MR) is 87.6 cm³/mol. The van der Waals surface area contributed by atoms with Crippen LogP contribution < -0.4 is 4.74 Å². The van der Waals surface area contributed by atoms with Gasteiger partial charge in [0.05, 0.1) is 0 Å². The molecule has 0 spiro atoms. The van der Waals surface area contributed by atoms with E-state index in [1.165, 1.54) is 0 Å². The largest absolute Gasteiger partial charge is 0.483 e. The van der Waals surface area contributed by atoms with Gasteiger partial charge in [0.1, 0.15) is 5.75 Å². The van der Waals surface area contributed by atoms with Crippen molar-refractivity contribution < 1.29 is 19.4 Å². The van der Waals surface area contributed by atoms with E-state index in [2.05, 4.69) is 0 Å². The summed E-state index contributed by atoms with van der Waals surface area (Å²) < 4.78 is 5.73. The number of nitrogens with zero attached hydrogens (tertiary/aromatic N) is 1. The van der Waals surface area contributed by atoms with E-state index in [9.17, 15) is 9.59 Å². The van der Waals surface area contributed by atoms with Crippen LogP contribution in [0.2, 0.25) is 0 Å². The van der Waals surface area contributed by atoms with Crippen molar-refractivity contribution in [2.75, 3.05) is 19.7 Å². The maximum absolute atomic E-state index is 12.4. The number of carboxylic acids is 1. The highest BCUT2D eigenvalue weighted by Gasteiger charge is 2.24. The van der Waals surface area contributed by atoms with Crippen LogP contribution in [0.4, 0.5) is 0 Å². The van der Waals surface area contributed by atoms with Crippen molar-refractivity contribution in [3.05, 3.63) is 29.3 Å². The molecule has 126 valence electrons. The Morgan fingerprint density at radius 2 is 2.00 bits per heavy atom. The van der Waals surface area contributed by atoms with Gasteiger partial charge in [-0.05, 0) is 50.2 Å². The maximum atomic E-state index is 12.4. The molecule has 0 aliphatic carbocycles. The number of aliphatic carboxylic acids is 1. The first kappa shape index (κ1) is 17.3. The smallest absolute Gasteiger partial charge is 0.303 e. The zero-order valence-electron chi connectivity index (χ0n) is 13.9. The summed E-state index contributed by atoms with van der Waals surface area (Å²) in [5.41, 5.74) is 2.05. The summed E-state index contributed by atoms with van der Waals surface area (Å²) in [6, 6.07) is 5.91. The zero-order chi connectivity index (χ0) is 16.8. The Labute approximate surface area is 137 Å². The van der Waals surface area contributed by atoms with Crippen LogP contribution in [0.1, 0.15) is 36.8 Å². The molecule has 1 aliphatic heterocycles. The van der Waals surface area contributed by atoms with E-state index in [-0.39, 0.29) is 24.9 Å². The second kappa shape index (κ2) is 7.99. The highest BCUT2D eigenvalue weighted by molar-refractivity contribution is 5.78. The van der Waals surface area contributed by atoms with Gasteiger partial charge in [-0.15, -0.1) is 0 Å². The average molecular weight is 319 g/mol. The van der Waals surface area contributed by atoms with Crippen molar-refractivity contribution in [2.45, 2.75) is 39.5 Å². The van der Waals surface area contributed by atoms with Gasteiger partial charge in [-0.3, -0.25) is 9.59 Å². The van der Waals surface area contributed by atoms with Crippen LogP contribution in [0.25, 0.3) is 0 Å². The number of ether oxygens (including phenoxy) is 1.